The van der Waals surface area contributed by atoms with E-state index in [0.717, 1.165) is 0 Å². The highest BCUT2D eigenvalue weighted by Crippen LogP contribution is 2.48. The highest BCUT2D eigenvalue weighted by molar-refractivity contribution is 5.69. The Morgan fingerprint density at radius 2 is 1.93 bits per heavy atom. The van der Waals surface area contributed by atoms with Crippen molar-refractivity contribution in [3.63, 3.8) is 0 Å². The summed E-state index contributed by atoms with van der Waals surface area (Å²) in [5.41, 5.74) is -2.03. The minimum Gasteiger partial charge on any atom is -0.447 e. The van der Waals surface area contributed by atoms with Crippen molar-refractivity contribution in [1.29, 1.82) is 0 Å². The predicted octanol–water partition coefficient (Wildman–Crippen LogP) is 2.22. The van der Waals surface area contributed by atoms with Crippen molar-refractivity contribution >= 4 is 6.09 Å². The molecule has 1 fully saturated rings. The van der Waals surface area contributed by atoms with Crippen molar-refractivity contribution in [2.75, 3.05) is 0 Å². The van der Waals surface area contributed by atoms with Gasteiger partial charge in [-0.25, -0.2) is 4.79 Å². The summed E-state index contributed by atoms with van der Waals surface area (Å²) in [6, 6.07) is 0. The standard InChI is InChI=1S/C8H12F3NO2/c1-5(2)14-6(13)12-7(3-4-7)8(9,10)11/h5H,3-4H2,1-2H3,(H,12,13). The molecule has 1 amide bonds. The van der Waals surface area contributed by atoms with Crippen molar-refractivity contribution in [2.45, 2.75) is 44.5 Å². The topological polar surface area (TPSA) is 38.3 Å². The minimum absolute atomic E-state index is 0.0658. The van der Waals surface area contributed by atoms with Crippen molar-refractivity contribution in [1.82, 2.24) is 5.32 Å². The molecule has 1 rings (SSSR count). The van der Waals surface area contributed by atoms with E-state index < -0.39 is 23.9 Å². The van der Waals surface area contributed by atoms with E-state index in [4.69, 9.17) is 0 Å². The Balaban J connectivity index is 2.49. The normalized spacial score (nSPS) is 19.3. The lowest BCUT2D eigenvalue weighted by Crippen LogP contribution is -2.48. The summed E-state index contributed by atoms with van der Waals surface area (Å²) in [5.74, 6) is 0. The summed E-state index contributed by atoms with van der Waals surface area (Å²) >= 11 is 0. The summed E-state index contributed by atoms with van der Waals surface area (Å²) < 4.78 is 41.5. The molecule has 0 spiro atoms. The molecule has 1 aliphatic rings. The molecule has 0 atom stereocenters. The van der Waals surface area contributed by atoms with E-state index in [1.54, 1.807) is 13.8 Å². The molecule has 6 heteroatoms. The summed E-state index contributed by atoms with van der Waals surface area (Å²) in [7, 11) is 0. The number of ether oxygens (including phenoxy) is 1. The minimum atomic E-state index is -4.39. The van der Waals surface area contributed by atoms with Crippen LogP contribution in [0.4, 0.5) is 18.0 Å². The second kappa shape index (κ2) is 3.33. The second-order valence-corrected chi connectivity index (χ2v) is 3.66. The molecule has 0 heterocycles. The Hall–Kier alpha value is -0.940. The van der Waals surface area contributed by atoms with Crippen LogP contribution in [0.5, 0.6) is 0 Å². The summed E-state index contributed by atoms with van der Waals surface area (Å²) in [6.07, 6.45) is -5.94. The van der Waals surface area contributed by atoms with Gasteiger partial charge in [0.15, 0.2) is 0 Å². The number of carbonyl (C=O) groups excluding carboxylic acids is 1. The number of hydrogen-bond acceptors (Lipinski definition) is 2. The molecule has 1 N–H and O–H groups in total. The van der Waals surface area contributed by atoms with Gasteiger partial charge in [0.2, 0.25) is 0 Å². The first-order valence-corrected chi connectivity index (χ1v) is 4.32. The van der Waals surface area contributed by atoms with E-state index in [0.29, 0.717) is 0 Å². The van der Waals surface area contributed by atoms with Gasteiger partial charge in [-0.1, -0.05) is 0 Å². The fourth-order valence-corrected chi connectivity index (χ4v) is 1.04. The number of hydrogen-bond donors (Lipinski definition) is 1. The monoisotopic (exact) mass is 211 g/mol. The van der Waals surface area contributed by atoms with Crippen LogP contribution in [-0.2, 0) is 4.74 Å². The lowest BCUT2D eigenvalue weighted by atomic mass is 10.3. The molecule has 0 bridgehead atoms. The smallest absolute Gasteiger partial charge is 0.411 e. The zero-order chi connectivity index (χ0) is 11.0. The largest absolute Gasteiger partial charge is 0.447 e. The second-order valence-electron chi connectivity index (χ2n) is 3.66. The van der Waals surface area contributed by atoms with Crippen LogP contribution in [0.1, 0.15) is 26.7 Å². The average molecular weight is 211 g/mol. The molecular weight excluding hydrogens is 199 g/mol. The van der Waals surface area contributed by atoms with E-state index in [1.807, 2.05) is 5.32 Å². The maximum atomic E-state index is 12.3. The number of alkyl halides is 3. The van der Waals surface area contributed by atoms with Gasteiger partial charge >= 0.3 is 12.3 Å². The fourth-order valence-electron chi connectivity index (χ4n) is 1.04. The third-order valence-electron chi connectivity index (χ3n) is 1.98. The van der Waals surface area contributed by atoms with Crippen molar-refractivity contribution < 1.29 is 22.7 Å². The highest BCUT2D eigenvalue weighted by Gasteiger charge is 2.64. The van der Waals surface area contributed by atoms with E-state index in [9.17, 15) is 18.0 Å². The number of rotatable bonds is 2. The SMILES string of the molecule is CC(C)OC(=O)NC1(C(F)(F)F)CC1. The molecular formula is C8H12F3NO2. The zero-order valence-electron chi connectivity index (χ0n) is 7.94. The van der Waals surface area contributed by atoms with Gasteiger partial charge in [-0.3, -0.25) is 0 Å². The Labute approximate surface area is 79.6 Å². The molecule has 0 aromatic heterocycles. The van der Waals surface area contributed by atoms with Crippen LogP contribution < -0.4 is 5.32 Å². The van der Waals surface area contributed by atoms with Crippen LogP contribution in [0.25, 0.3) is 0 Å². The van der Waals surface area contributed by atoms with Gasteiger partial charge in [0.05, 0.1) is 6.10 Å². The first-order chi connectivity index (χ1) is 6.27. The van der Waals surface area contributed by atoms with Crippen LogP contribution in [-0.4, -0.2) is 23.9 Å². The molecule has 0 radical (unpaired) electrons. The van der Waals surface area contributed by atoms with Crippen molar-refractivity contribution in [3.8, 4) is 0 Å². The molecule has 0 saturated heterocycles. The molecule has 0 aromatic carbocycles. The van der Waals surface area contributed by atoms with Crippen LogP contribution in [0.2, 0.25) is 0 Å². The zero-order valence-corrected chi connectivity index (χ0v) is 7.94. The molecule has 82 valence electrons. The first kappa shape index (κ1) is 11.1. The number of halogens is 3. The maximum Gasteiger partial charge on any atom is 0.411 e. The Morgan fingerprint density at radius 3 is 2.21 bits per heavy atom. The third kappa shape index (κ3) is 2.30. The third-order valence-corrected chi connectivity index (χ3v) is 1.98. The lowest BCUT2D eigenvalue weighted by Gasteiger charge is -2.20. The molecule has 0 aliphatic heterocycles. The Kier molecular flexibility index (Phi) is 2.65. The Morgan fingerprint density at radius 1 is 1.43 bits per heavy atom. The van der Waals surface area contributed by atoms with Crippen LogP contribution in [0.15, 0.2) is 0 Å². The van der Waals surface area contributed by atoms with E-state index in [2.05, 4.69) is 4.74 Å². The van der Waals surface area contributed by atoms with Crippen LogP contribution in [0, 0.1) is 0 Å². The summed E-state index contributed by atoms with van der Waals surface area (Å²) in [5, 5.41) is 1.85. The Bertz CT molecular complexity index is 233. The highest BCUT2D eigenvalue weighted by atomic mass is 19.4. The predicted molar refractivity (Wildman–Crippen MR) is 42.8 cm³/mol. The van der Waals surface area contributed by atoms with Crippen molar-refractivity contribution in [2.24, 2.45) is 0 Å². The number of alkyl carbamates (subject to hydrolysis) is 1. The van der Waals surface area contributed by atoms with E-state index >= 15 is 0 Å². The average Bonchev–Trinajstić information content (AvgIpc) is 2.64. The molecule has 14 heavy (non-hydrogen) atoms. The van der Waals surface area contributed by atoms with Crippen LogP contribution in [0.3, 0.4) is 0 Å². The van der Waals surface area contributed by atoms with Gasteiger partial charge in [-0.2, -0.15) is 13.2 Å². The quantitative estimate of drug-likeness (QED) is 0.760. The van der Waals surface area contributed by atoms with Gasteiger partial charge in [-0.05, 0) is 26.7 Å². The van der Waals surface area contributed by atoms with Gasteiger partial charge in [0.25, 0.3) is 0 Å². The summed E-state index contributed by atoms with van der Waals surface area (Å²) in [6.45, 7) is 3.15. The summed E-state index contributed by atoms with van der Waals surface area (Å²) in [4.78, 5) is 10.9. The number of amides is 1. The molecule has 3 nitrogen and oxygen atoms in total. The van der Waals surface area contributed by atoms with E-state index in [-0.39, 0.29) is 12.8 Å². The first-order valence-electron chi connectivity index (χ1n) is 4.32. The molecule has 0 unspecified atom stereocenters. The van der Waals surface area contributed by atoms with Gasteiger partial charge in [-0.15, -0.1) is 0 Å². The number of nitrogens with one attached hydrogen (secondary N) is 1. The molecule has 0 aromatic rings. The van der Waals surface area contributed by atoms with Crippen LogP contribution >= 0.6 is 0 Å². The fraction of sp³-hybridized carbons (Fsp3) is 0.875. The lowest BCUT2D eigenvalue weighted by molar-refractivity contribution is -0.164. The van der Waals surface area contributed by atoms with Gasteiger partial charge < -0.3 is 10.1 Å². The molecule has 1 saturated carbocycles. The van der Waals surface area contributed by atoms with Gasteiger partial charge in [0, 0.05) is 0 Å². The van der Waals surface area contributed by atoms with Crippen molar-refractivity contribution in [3.05, 3.63) is 0 Å². The molecule has 1 aliphatic carbocycles. The maximum absolute atomic E-state index is 12.3. The van der Waals surface area contributed by atoms with Gasteiger partial charge in [0.1, 0.15) is 5.54 Å². The van der Waals surface area contributed by atoms with E-state index in [1.165, 1.54) is 0 Å². The number of carbonyl (C=O) groups is 1.